The fourth-order valence-electron chi connectivity index (χ4n) is 1.40. The van der Waals surface area contributed by atoms with E-state index in [1.165, 1.54) is 11.9 Å². The highest BCUT2D eigenvalue weighted by molar-refractivity contribution is 5.67. The third-order valence-electron chi connectivity index (χ3n) is 2.16. The lowest BCUT2D eigenvalue weighted by molar-refractivity contribution is 0.598. The van der Waals surface area contributed by atoms with Crippen LogP contribution in [0.3, 0.4) is 0 Å². The summed E-state index contributed by atoms with van der Waals surface area (Å²) in [5.41, 5.74) is 1.21. The van der Waals surface area contributed by atoms with Crippen molar-refractivity contribution < 1.29 is 0 Å². The van der Waals surface area contributed by atoms with Crippen LogP contribution in [0.4, 0.5) is 0 Å². The third kappa shape index (κ3) is 3.18. The van der Waals surface area contributed by atoms with E-state index < -0.39 is 0 Å². The van der Waals surface area contributed by atoms with Gasteiger partial charge in [0.2, 0.25) is 0 Å². The number of nitrogens with one attached hydrogen (secondary N) is 3. The largest absolute Gasteiger partial charge is 0.384 e. The summed E-state index contributed by atoms with van der Waals surface area (Å²) in [7, 11) is 1.95. The van der Waals surface area contributed by atoms with E-state index in [1.54, 1.807) is 6.08 Å². The smallest absolute Gasteiger partial charge is 0.0502 e. The summed E-state index contributed by atoms with van der Waals surface area (Å²) in [6.45, 7) is 0.901. The molecular formula is C11H17N3. The van der Waals surface area contributed by atoms with Gasteiger partial charge < -0.3 is 16.0 Å². The van der Waals surface area contributed by atoms with E-state index in [1.807, 2.05) is 13.1 Å². The Labute approximate surface area is 85.1 Å². The summed E-state index contributed by atoms with van der Waals surface area (Å²) in [6, 6.07) is 0.316. The number of allylic oxidation sites excluding steroid dienone is 3. The molecule has 3 heteroatoms. The molecule has 0 fully saturated rings. The van der Waals surface area contributed by atoms with Crippen molar-refractivity contribution in [3.63, 3.8) is 0 Å². The SMILES string of the molecule is CNC(C/C=C\C=N)C1=CC=CCN1. The molecule has 0 bridgehead atoms. The van der Waals surface area contributed by atoms with E-state index in [9.17, 15) is 0 Å². The van der Waals surface area contributed by atoms with Gasteiger partial charge in [0.25, 0.3) is 0 Å². The maximum Gasteiger partial charge on any atom is 0.0502 e. The van der Waals surface area contributed by atoms with E-state index >= 15 is 0 Å². The fourth-order valence-corrected chi connectivity index (χ4v) is 1.40. The Kier molecular flexibility index (Phi) is 4.72. The molecule has 1 rings (SSSR count). The van der Waals surface area contributed by atoms with Crippen LogP contribution in [0.15, 0.2) is 36.1 Å². The molecule has 0 aromatic heterocycles. The summed E-state index contributed by atoms with van der Waals surface area (Å²) < 4.78 is 0. The van der Waals surface area contributed by atoms with Crippen molar-refractivity contribution in [2.75, 3.05) is 13.6 Å². The van der Waals surface area contributed by atoms with Gasteiger partial charge in [0, 0.05) is 18.5 Å². The van der Waals surface area contributed by atoms with Crippen molar-refractivity contribution >= 4 is 6.21 Å². The van der Waals surface area contributed by atoms with Crippen molar-refractivity contribution in [2.45, 2.75) is 12.5 Å². The van der Waals surface area contributed by atoms with Gasteiger partial charge in [-0.05, 0) is 25.6 Å². The summed E-state index contributed by atoms with van der Waals surface area (Å²) in [5.74, 6) is 0. The standard InChI is InChI=1S/C11H17N3/c1-13-10(6-2-4-8-12)11-7-3-5-9-14-11/h2-5,7-8,10,12-14H,6,9H2,1H3/b4-2-,12-8?. The van der Waals surface area contributed by atoms with Crippen molar-refractivity contribution in [3.8, 4) is 0 Å². The van der Waals surface area contributed by atoms with Gasteiger partial charge in [-0.2, -0.15) is 0 Å². The minimum Gasteiger partial charge on any atom is -0.384 e. The van der Waals surface area contributed by atoms with Crippen LogP contribution in [-0.4, -0.2) is 25.8 Å². The Morgan fingerprint density at radius 2 is 2.57 bits per heavy atom. The minimum absolute atomic E-state index is 0.316. The van der Waals surface area contributed by atoms with Crippen LogP contribution < -0.4 is 10.6 Å². The van der Waals surface area contributed by atoms with Crippen LogP contribution in [0.2, 0.25) is 0 Å². The molecule has 1 atom stereocenters. The molecular weight excluding hydrogens is 174 g/mol. The van der Waals surface area contributed by atoms with Crippen LogP contribution in [0, 0.1) is 5.41 Å². The molecule has 1 aliphatic rings. The van der Waals surface area contributed by atoms with Gasteiger partial charge in [0.1, 0.15) is 0 Å². The molecule has 76 valence electrons. The van der Waals surface area contributed by atoms with Gasteiger partial charge >= 0.3 is 0 Å². The Bertz CT molecular complexity index is 264. The van der Waals surface area contributed by atoms with Gasteiger partial charge in [-0.25, -0.2) is 0 Å². The minimum atomic E-state index is 0.316. The summed E-state index contributed by atoms with van der Waals surface area (Å²) in [5, 5.41) is 13.4. The van der Waals surface area contributed by atoms with E-state index in [0.717, 1.165) is 13.0 Å². The zero-order valence-corrected chi connectivity index (χ0v) is 8.46. The first-order chi connectivity index (χ1) is 6.88. The maximum atomic E-state index is 6.87. The predicted molar refractivity (Wildman–Crippen MR) is 60.6 cm³/mol. The fraction of sp³-hybridized carbons (Fsp3) is 0.364. The van der Waals surface area contributed by atoms with E-state index in [2.05, 4.69) is 28.9 Å². The molecule has 0 amide bonds. The van der Waals surface area contributed by atoms with Crippen molar-refractivity contribution in [3.05, 3.63) is 36.1 Å². The van der Waals surface area contributed by atoms with E-state index in [4.69, 9.17) is 5.41 Å². The maximum absolute atomic E-state index is 6.87. The van der Waals surface area contributed by atoms with Crippen LogP contribution in [0.25, 0.3) is 0 Å². The third-order valence-corrected chi connectivity index (χ3v) is 2.16. The van der Waals surface area contributed by atoms with Crippen LogP contribution >= 0.6 is 0 Å². The van der Waals surface area contributed by atoms with Crippen LogP contribution in [0.5, 0.6) is 0 Å². The molecule has 14 heavy (non-hydrogen) atoms. The molecule has 3 N–H and O–H groups in total. The lowest BCUT2D eigenvalue weighted by atomic mass is 10.1. The average Bonchev–Trinajstić information content (AvgIpc) is 2.26. The predicted octanol–water partition coefficient (Wildman–Crippen LogP) is 1.21. The Balaban J connectivity index is 2.52. The van der Waals surface area contributed by atoms with Gasteiger partial charge in [0.05, 0.1) is 6.04 Å². The highest BCUT2D eigenvalue weighted by Crippen LogP contribution is 2.06. The van der Waals surface area contributed by atoms with Gasteiger partial charge in [-0.15, -0.1) is 0 Å². The molecule has 0 spiro atoms. The molecule has 0 saturated carbocycles. The Morgan fingerprint density at radius 3 is 3.14 bits per heavy atom. The summed E-state index contributed by atoms with van der Waals surface area (Å²) in [4.78, 5) is 0. The molecule has 0 aromatic rings. The Morgan fingerprint density at radius 1 is 1.71 bits per heavy atom. The topological polar surface area (TPSA) is 47.9 Å². The number of rotatable bonds is 5. The summed E-state index contributed by atoms with van der Waals surface area (Å²) in [6.07, 6.45) is 12.2. The number of dihydropyridines is 1. The van der Waals surface area contributed by atoms with Crippen LogP contribution in [0.1, 0.15) is 6.42 Å². The molecule has 3 nitrogen and oxygen atoms in total. The zero-order valence-electron chi connectivity index (χ0n) is 8.46. The first-order valence-electron chi connectivity index (χ1n) is 4.82. The quantitative estimate of drug-likeness (QED) is 0.572. The monoisotopic (exact) mass is 191 g/mol. The molecule has 1 unspecified atom stereocenters. The molecule has 1 aliphatic heterocycles. The molecule has 1 heterocycles. The Hall–Kier alpha value is -1.35. The normalized spacial score (nSPS) is 17.6. The number of hydrogen-bond acceptors (Lipinski definition) is 3. The molecule has 0 aliphatic carbocycles. The van der Waals surface area contributed by atoms with Crippen molar-refractivity contribution in [2.24, 2.45) is 0 Å². The number of hydrogen-bond donors (Lipinski definition) is 3. The van der Waals surface area contributed by atoms with Crippen LogP contribution in [-0.2, 0) is 0 Å². The van der Waals surface area contributed by atoms with Crippen molar-refractivity contribution in [1.29, 1.82) is 5.41 Å². The van der Waals surface area contributed by atoms with Crippen molar-refractivity contribution in [1.82, 2.24) is 10.6 Å². The number of likely N-dealkylation sites (N-methyl/N-ethyl adjacent to an activating group) is 1. The highest BCUT2D eigenvalue weighted by atomic mass is 15.0. The second kappa shape index (κ2) is 6.16. The molecule has 0 radical (unpaired) electrons. The van der Waals surface area contributed by atoms with Gasteiger partial charge in [-0.1, -0.05) is 18.2 Å². The summed E-state index contributed by atoms with van der Waals surface area (Å²) >= 11 is 0. The zero-order chi connectivity index (χ0) is 10.2. The second-order valence-electron chi connectivity index (χ2n) is 3.10. The average molecular weight is 191 g/mol. The highest BCUT2D eigenvalue weighted by Gasteiger charge is 2.09. The first kappa shape index (κ1) is 10.7. The first-order valence-corrected chi connectivity index (χ1v) is 4.82. The molecule has 0 aromatic carbocycles. The lowest BCUT2D eigenvalue weighted by Crippen LogP contribution is -2.34. The molecule has 0 saturated heterocycles. The second-order valence-corrected chi connectivity index (χ2v) is 3.10. The van der Waals surface area contributed by atoms with E-state index in [-0.39, 0.29) is 0 Å². The van der Waals surface area contributed by atoms with Gasteiger partial charge in [0.15, 0.2) is 0 Å². The van der Waals surface area contributed by atoms with E-state index in [0.29, 0.717) is 6.04 Å². The lowest BCUT2D eigenvalue weighted by Gasteiger charge is -2.21. The van der Waals surface area contributed by atoms with Gasteiger partial charge in [-0.3, -0.25) is 0 Å².